The quantitative estimate of drug-likeness (QED) is 0.303. The first kappa shape index (κ1) is 27.3. The minimum atomic E-state index is -4.22. The second kappa shape index (κ2) is 12.1. The Kier molecular flexibility index (Phi) is 8.96. The van der Waals surface area contributed by atoms with Gasteiger partial charge in [0.25, 0.3) is 15.7 Å². The highest BCUT2D eigenvalue weighted by Crippen LogP contribution is 2.26. The summed E-state index contributed by atoms with van der Waals surface area (Å²) in [5, 5.41) is 13.6. The third-order valence-corrected chi connectivity index (χ3v) is 7.64. The summed E-state index contributed by atoms with van der Waals surface area (Å²) in [5.41, 5.74) is 0.816. The van der Waals surface area contributed by atoms with Crippen molar-refractivity contribution in [1.29, 1.82) is 0 Å². The van der Waals surface area contributed by atoms with Gasteiger partial charge in [0.15, 0.2) is 0 Å². The van der Waals surface area contributed by atoms with Gasteiger partial charge in [0, 0.05) is 25.7 Å². The van der Waals surface area contributed by atoms with Gasteiger partial charge in [-0.05, 0) is 43.2 Å². The van der Waals surface area contributed by atoms with E-state index in [4.69, 9.17) is 0 Å². The summed E-state index contributed by atoms with van der Waals surface area (Å²) < 4.78 is 28.1. The molecule has 1 N–H and O–H groups in total. The highest BCUT2D eigenvalue weighted by Gasteiger charge is 2.32. The molecule has 10 nitrogen and oxygen atoms in total. The molecule has 0 saturated heterocycles. The highest BCUT2D eigenvalue weighted by molar-refractivity contribution is 7.92. The highest BCUT2D eigenvalue weighted by atomic mass is 32.2. The van der Waals surface area contributed by atoms with Crippen LogP contribution >= 0.6 is 0 Å². The first-order chi connectivity index (χ1) is 17.6. The summed E-state index contributed by atoms with van der Waals surface area (Å²) >= 11 is 0. The lowest BCUT2D eigenvalue weighted by Gasteiger charge is -2.31. The van der Waals surface area contributed by atoms with Gasteiger partial charge in [-0.15, -0.1) is 0 Å². The number of nitrogens with one attached hydrogen (secondary N) is 1. The summed E-state index contributed by atoms with van der Waals surface area (Å²) in [6, 6.07) is 21.0. The van der Waals surface area contributed by atoms with Crippen LogP contribution in [0.2, 0.25) is 0 Å². The van der Waals surface area contributed by atoms with Crippen molar-refractivity contribution in [1.82, 2.24) is 10.2 Å². The normalized spacial score (nSPS) is 11.8. The molecule has 0 saturated carbocycles. The fourth-order valence-electron chi connectivity index (χ4n) is 3.77. The van der Waals surface area contributed by atoms with Crippen molar-refractivity contribution in [2.24, 2.45) is 0 Å². The molecular weight excluding hydrogens is 496 g/mol. The van der Waals surface area contributed by atoms with Crippen LogP contribution in [0.1, 0.15) is 12.5 Å². The van der Waals surface area contributed by atoms with E-state index in [1.165, 1.54) is 48.3 Å². The molecule has 0 aliphatic carbocycles. The minimum Gasteiger partial charge on any atom is -0.357 e. The molecule has 0 spiro atoms. The molecule has 0 heterocycles. The number of anilines is 1. The van der Waals surface area contributed by atoms with E-state index in [0.29, 0.717) is 6.42 Å². The Morgan fingerprint density at radius 2 is 1.51 bits per heavy atom. The first-order valence-electron chi connectivity index (χ1n) is 11.5. The summed E-state index contributed by atoms with van der Waals surface area (Å²) in [5.74, 6) is -0.987. The number of carbonyl (C=O) groups excluding carboxylic acids is 2. The molecule has 3 aromatic carbocycles. The molecule has 0 bridgehead atoms. The number of sulfonamides is 1. The van der Waals surface area contributed by atoms with E-state index in [9.17, 15) is 28.1 Å². The standard InChI is InChI=1S/C26H28N4O6S/c1-20(26(32)27-2)28(18-17-21-9-5-3-6-10-21)25(31)19-29(22-13-15-23(16-14-22)30(33)34)37(35,36)24-11-7-4-8-12-24/h3-16,20H,17-19H2,1-2H3,(H,27,32). The Balaban J connectivity index is 1.98. The molecule has 0 aromatic heterocycles. The number of nitro groups is 1. The summed E-state index contributed by atoms with van der Waals surface area (Å²) in [6.45, 7) is 1.14. The third kappa shape index (κ3) is 6.70. The summed E-state index contributed by atoms with van der Waals surface area (Å²) in [7, 11) is -2.76. The SMILES string of the molecule is CNC(=O)C(C)N(CCc1ccccc1)C(=O)CN(c1ccc([N+](=O)[O-])cc1)S(=O)(=O)c1ccccc1. The number of amides is 2. The van der Waals surface area contributed by atoms with Gasteiger partial charge in [0.05, 0.1) is 15.5 Å². The lowest BCUT2D eigenvalue weighted by molar-refractivity contribution is -0.384. The molecule has 194 valence electrons. The molecule has 0 aliphatic heterocycles. The predicted molar refractivity (Wildman–Crippen MR) is 139 cm³/mol. The smallest absolute Gasteiger partial charge is 0.269 e. The lowest BCUT2D eigenvalue weighted by atomic mass is 10.1. The molecule has 3 aromatic rings. The van der Waals surface area contributed by atoms with Gasteiger partial charge < -0.3 is 10.2 Å². The van der Waals surface area contributed by atoms with Crippen LogP contribution in [0.15, 0.2) is 89.8 Å². The van der Waals surface area contributed by atoms with E-state index >= 15 is 0 Å². The Hall–Kier alpha value is -4.25. The van der Waals surface area contributed by atoms with Crippen LogP contribution in [-0.2, 0) is 26.0 Å². The molecule has 2 amide bonds. The van der Waals surface area contributed by atoms with Crippen LogP contribution in [0, 0.1) is 10.1 Å². The monoisotopic (exact) mass is 524 g/mol. The van der Waals surface area contributed by atoms with Crippen LogP contribution in [0.4, 0.5) is 11.4 Å². The molecule has 0 fully saturated rings. The van der Waals surface area contributed by atoms with Crippen molar-refractivity contribution in [2.75, 3.05) is 24.4 Å². The first-order valence-corrected chi connectivity index (χ1v) is 13.0. The van der Waals surface area contributed by atoms with E-state index in [1.54, 1.807) is 25.1 Å². The van der Waals surface area contributed by atoms with Gasteiger partial charge in [0.1, 0.15) is 12.6 Å². The second-order valence-corrected chi connectivity index (χ2v) is 10.1. The van der Waals surface area contributed by atoms with Crippen LogP contribution in [0.3, 0.4) is 0 Å². The minimum absolute atomic E-state index is 0.0451. The van der Waals surface area contributed by atoms with Gasteiger partial charge in [-0.3, -0.25) is 24.0 Å². The molecule has 0 aliphatic rings. The third-order valence-electron chi connectivity index (χ3n) is 5.86. The van der Waals surface area contributed by atoms with Crippen LogP contribution < -0.4 is 9.62 Å². The number of benzene rings is 3. The number of hydrogen-bond acceptors (Lipinski definition) is 6. The van der Waals surface area contributed by atoms with Gasteiger partial charge in [0.2, 0.25) is 11.8 Å². The molecule has 1 atom stereocenters. The Bertz CT molecular complexity index is 1330. The molecule has 3 rings (SSSR count). The zero-order valence-electron chi connectivity index (χ0n) is 20.5. The fraction of sp³-hybridized carbons (Fsp3) is 0.231. The Morgan fingerprint density at radius 3 is 2.05 bits per heavy atom. The molecular formula is C26H28N4O6S. The second-order valence-electron chi connectivity index (χ2n) is 8.21. The predicted octanol–water partition coefficient (Wildman–Crippen LogP) is 3.00. The van der Waals surface area contributed by atoms with E-state index in [-0.39, 0.29) is 22.8 Å². The van der Waals surface area contributed by atoms with Crippen molar-refractivity contribution in [3.05, 3.63) is 101 Å². The fourth-order valence-corrected chi connectivity index (χ4v) is 5.20. The maximum absolute atomic E-state index is 13.6. The van der Waals surface area contributed by atoms with E-state index < -0.39 is 39.3 Å². The van der Waals surface area contributed by atoms with Gasteiger partial charge in [-0.25, -0.2) is 8.42 Å². The number of nitro benzene ring substituents is 1. The topological polar surface area (TPSA) is 130 Å². The molecule has 11 heteroatoms. The summed E-state index contributed by atoms with van der Waals surface area (Å²) in [6.07, 6.45) is 0.455. The zero-order valence-corrected chi connectivity index (χ0v) is 21.3. The van der Waals surface area contributed by atoms with Crippen molar-refractivity contribution >= 4 is 33.2 Å². The van der Waals surface area contributed by atoms with Gasteiger partial charge >= 0.3 is 0 Å². The van der Waals surface area contributed by atoms with E-state index in [2.05, 4.69) is 5.32 Å². The number of nitrogens with zero attached hydrogens (tertiary/aromatic N) is 3. The number of hydrogen-bond donors (Lipinski definition) is 1. The average molecular weight is 525 g/mol. The van der Waals surface area contributed by atoms with Gasteiger partial charge in [-0.1, -0.05) is 48.5 Å². The maximum atomic E-state index is 13.6. The lowest BCUT2D eigenvalue weighted by Crippen LogP contribution is -2.51. The molecule has 1 unspecified atom stereocenters. The van der Waals surface area contributed by atoms with E-state index in [0.717, 1.165) is 9.87 Å². The Labute approximate surface area is 215 Å². The average Bonchev–Trinajstić information content (AvgIpc) is 2.92. The molecule has 0 radical (unpaired) electrons. The van der Waals surface area contributed by atoms with Crippen LogP contribution in [-0.4, -0.2) is 56.2 Å². The van der Waals surface area contributed by atoms with Gasteiger partial charge in [-0.2, -0.15) is 0 Å². The Morgan fingerprint density at radius 1 is 0.946 bits per heavy atom. The van der Waals surface area contributed by atoms with E-state index in [1.807, 2.05) is 30.3 Å². The summed E-state index contributed by atoms with van der Waals surface area (Å²) in [4.78, 5) is 37.8. The van der Waals surface area contributed by atoms with Crippen LogP contribution in [0.5, 0.6) is 0 Å². The number of carbonyl (C=O) groups is 2. The van der Waals surface area contributed by atoms with Crippen molar-refractivity contribution in [3.63, 3.8) is 0 Å². The zero-order chi connectivity index (χ0) is 27.0. The van der Waals surface area contributed by atoms with Crippen LogP contribution in [0.25, 0.3) is 0 Å². The number of rotatable bonds is 11. The van der Waals surface area contributed by atoms with Crippen molar-refractivity contribution in [2.45, 2.75) is 24.3 Å². The molecule has 37 heavy (non-hydrogen) atoms. The van der Waals surface area contributed by atoms with Crippen molar-refractivity contribution in [3.8, 4) is 0 Å². The number of non-ortho nitro benzene ring substituents is 1. The largest absolute Gasteiger partial charge is 0.357 e. The maximum Gasteiger partial charge on any atom is 0.269 e. The number of likely N-dealkylation sites (N-methyl/N-ethyl adjacent to an activating group) is 1. The van der Waals surface area contributed by atoms with Crippen molar-refractivity contribution < 1.29 is 22.9 Å².